The molecule has 3 aromatic heterocycles. The van der Waals surface area contributed by atoms with Gasteiger partial charge in [0.05, 0.1) is 12.7 Å². The molecule has 4 rings (SSSR count). The van der Waals surface area contributed by atoms with E-state index in [1.165, 1.54) is 22.7 Å². The van der Waals surface area contributed by atoms with Crippen molar-refractivity contribution < 1.29 is 27.4 Å². The van der Waals surface area contributed by atoms with Gasteiger partial charge in [-0.2, -0.15) is 8.97 Å². The monoisotopic (exact) mass is 428 g/mol. The van der Waals surface area contributed by atoms with E-state index in [2.05, 4.69) is 9.72 Å². The van der Waals surface area contributed by atoms with Crippen LogP contribution in [0.4, 0.5) is 13.2 Å². The van der Waals surface area contributed by atoms with Gasteiger partial charge in [0, 0.05) is 30.4 Å². The Bertz CT molecular complexity index is 1290. The fourth-order valence-electron chi connectivity index (χ4n) is 3.39. The van der Waals surface area contributed by atoms with Crippen LogP contribution < -0.4 is 14.7 Å². The average Bonchev–Trinajstić information content (AvgIpc) is 2.74. The third-order valence-electron chi connectivity index (χ3n) is 4.73. The first-order chi connectivity index (χ1) is 14.8. The summed E-state index contributed by atoms with van der Waals surface area (Å²) in [5, 5.41) is 11.0. The average molecular weight is 428 g/mol. The highest BCUT2D eigenvalue weighted by atomic mass is 19.4. The first-order valence-electron chi connectivity index (χ1n) is 9.35. The molecule has 0 saturated carbocycles. The molecule has 0 saturated heterocycles. The van der Waals surface area contributed by atoms with Crippen LogP contribution in [-0.4, -0.2) is 21.0 Å². The molecule has 0 aliphatic heterocycles. The molecular weight excluding hydrogens is 411 g/mol. The van der Waals surface area contributed by atoms with Gasteiger partial charge in [-0.3, -0.25) is 4.98 Å². The zero-order valence-electron chi connectivity index (χ0n) is 16.1. The molecule has 9 heteroatoms. The molecule has 0 aliphatic rings. The van der Waals surface area contributed by atoms with Gasteiger partial charge in [-0.05, 0) is 29.8 Å². The van der Waals surface area contributed by atoms with Crippen molar-refractivity contribution in [2.75, 3.05) is 0 Å². The van der Waals surface area contributed by atoms with Gasteiger partial charge in [-0.25, -0.2) is 4.79 Å². The Morgan fingerprint density at radius 3 is 2.68 bits per heavy atom. The van der Waals surface area contributed by atoms with Gasteiger partial charge >= 0.3 is 11.9 Å². The Hall–Kier alpha value is -3.88. The van der Waals surface area contributed by atoms with Crippen LogP contribution in [0.1, 0.15) is 5.56 Å². The number of alkyl halides is 3. The van der Waals surface area contributed by atoms with E-state index in [1.807, 2.05) is 6.07 Å². The van der Waals surface area contributed by atoms with E-state index in [4.69, 9.17) is 0 Å². The summed E-state index contributed by atoms with van der Waals surface area (Å²) in [6.45, 7) is 0.317. The minimum atomic E-state index is -4.87. The van der Waals surface area contributed by atoms with Crippen molar-refractivity contribution in [3.05, 3.63) is 89.1 Å². The summed E-state index contributed by atoms with van der Waals surface area (Å²) < 4.78 is 44.7. The van der Waals surface area contributed by atoms with Crippen molar-refractivity contribution in [3.63, 3.8) is 0 Å². The number of halogens is 3. The van der Waals surface area contributed by atoms with Crippen LogP contribution in [0.2, 0.25) is 0 Å². The number of aromatic hydroxyl groups is 1. The Balaban J connectivity index is 1.85. The van der Waals surface area contributed by atoms with E-state index in [-0.39, 0.29) is 17.0 Å². The smallest absolute Gasteiger partial charge is 0.477 e. The maximum Gasteiger partial charge on any atom is 0.573 e. The van der Waals surface area contributed by atoms with E-state index < -0.39 is 17.7 Å². The number of hydrogen-bond donors (Lipinski definition) is 1. The molecule has 0 unspecified atom stereocenters. The molecule has 4 aromatic rings. The second-order valence-corrected chi connectivity index (χ2v) is 6.77. The zero-order valence-corrected chi connectivity index (χ0v) is 16.1. The number of aromatic nitrogens is 3. The molecule has 31 heavy (non-hydrogen) atoms. The minimum absolute atomic E-state index is 0.109. The largest absolute Gasteiger partial charge is 0.573 e. The van der Waals surface area contributed by atoms with Crippen molar-refractivity contribution in [2.45, 2.75) is 19.3 Å². The lowest BCUT2D eigenvalue weighted by Gasteiger charge is -2.12. The summed E-state index contributed by atoms with van der Waals surface area (Å²) in [5.41, 5.74) is 0.798. The molecule has 0 spiro atoms. The molecular formula is C22H17F3N3O3+. The van der Waals surface area contributed by atoms with Crippen LogP contribution in [0.3, 0.4) is 0 Å². The Labute approximate surface area is 174 Å². The summed E-state index contributed by atoms with van der Waals surface area (Å²) in [4.78, 5) is 17.2. The molecule has 6 nitrogen and oxygen atoms in total. The first kappa shape index (κ1) is 20.4. The molecule has 0 atom stereocenters. The third kappa shape index (κ3) is 4.35. The van der Waals surface area contributed by atoms with Crippen LogP contribution in [0.25, 0.3) is 16.8 Å². The number of benzene rings is 1. The lowest BCUT2D eigenvalue weighted by Crippen LogP contribution is -2.43. The quantitative estimate of drug-likeness (QED) is 0.494. The van der Waals surface area contributed by atoms with Gasteiger partial charge in [-0.15, -0.1) is 13.2 Å². The molecule has 0 aliphatic carbocycles. The molecule has 1 N–H and O–H groups in total. The molecule has 3 heterocycles. The van der Waals surface area contributed by atoms with Gasteiger partial charge in [0.2, 0.25) is 0 Å². The van der Waals surface area contributed by atoms with E-state index >= 15 is 0 Å². The normalized spacial score (nSPS) is 11.6. The van der Waals surface area contributed by atoms with Crippen molar-refractivity contribution in [3.8, 4) is 22.8 Å². The number of nitrogens with zero attached hydrogens (tertiary/aromatic N) is 3. The van der Waals surface area contributed by atoms with Crippen LogP contribution in [-0.2, 0) is 13.0 Å². The summed E-state index contributed by atoms with van der Waals surface area (Å²) in [6.07, 6.45) is 0.541. The van der Waals surface area contributed by atoms with E-state index in [0.29, 0.717) is 18.6 Å². The Morgan fingerprint density at radius 2 is 1.94 bits per heavy atom. The minimum Gasteiger partial charge on any atom is -0.477 e. The lowest BCUT2D eigenvalue weighted by atomic mass is 10.1. The molecule has 0 radical (unpaired) electrons. The second-order valence-electron chi connectivity index (χ2n) is 6.77. The van der Waals surface area contributed by atoms with Gasteiger partial charge in [0.15, 0.2) is 5.56 Å². The topological polar surface area (TPSA) is 68.4 Å². The van der Waals surface area contributed by atoms with Gasteiger partial charge in [-0.1, -0.05) is 24.3 Å². The Kier molecular flexibility index (Phi) is 5.33. The number of fused-ring (bicyclic) bond motifs is 1. The van der Waals surface area contributed by atoms with Crippen molar-refractivity contribution in [1.29, 1.82) is 0 Å². The molecule has 158 valence electrons. The predicted molar refractivity (Wildman–Crippen MR) is 106 cm³/mol. The van der Waals surface area contributed by atoms with Gasteiger partial charge in [0.25, 0.3) is 11.5 Å². The van der Waals surface area contributed by atoms with E-state index in [0.717, 1.165) is 17.7 Å². The van der Waals surface area contributed by atoms with Crippen LogP contribution >= 0.6 is 0 Å². The predicted octanol–water partition coefficient (Wildman–Crippen LogP) is 3.50. The first-order valence-corrected chi connectivity index (χ1v) is 9.35. The molecule has 0 amide bonds. The number of rotatable bonds is 5. The maximum atomic E-state index is 13.1. The summed E-state index contributed by atoms with van der Waals surface area (Å²) in [5.74, 6) is -0.826. The molecule has 0 fully saturated rings. The zero-order chi connectivity index (χ0) is 22.0. The molecule has 1 aromatic carbocycles. The highest BCUT2D eigenvalue weighted by molar-refractivity contribution is 5.69. The summed E-state index contributed by atoms with van der Waals surface area (Å²) >= 11 is 0. The SMILES string of the molecule is O=c1c(-c2cccc(OC(F)(F)F)c2)c(O)n(CCc2cccnc2)c2cccc[n+]12. The number of hydrogen-bond acceptors (Lipinski definition) is 4. The van der Waals surface area contributed by atoms with E-state index in [1.54, 1.807) is 41.2 Å². The maximum absolute atomic E-state index is 13.1. The second kappa shape index (κ2) is 8.10. The number of pyridine rings is 2. The Morgan fingerprint density at radius 1 is 1.10 bits per heavy atom. The fourth-order valence-corrected chi connectivity index (χ4v) is 3.39. The third-order valence-corrected chi connectivity index (χ3v) is 4.73. The molecule has 0 bridgehead atoms. The van der Waals surface area contributed by atoms with Gasteiger partial charge < -0.3 is 9.84 Å². The van der Waals surface area contributed by atoms with Crippen LogP contribution in [0, 0.1) is 0 Å². The number of aryl methyl sites for hydroxylation is 2. The highest BCUT2D eigenvalue weighted by Crippen LogP contribution is 2.31. The van der Waals surface area contributed by atoms with Crippen molar-refractivity contribution in [1.82, 2.24) is 9.55 Å². The van der Waals surface area contributed by atoms with Crippen LogP contribution in [0.5, 0.6) is 11.6 Å². The van der Waals surface area contributed by atoms with E-state index in [9.17, 15) is 23.1 Å². The summed E-state index contributed by atoms with van der Waals surface area (Å²) in [6, 6.07) is 13.7. The lowest BCUT2D eigenvalue weighted by molar-refractivity contribution is -0.532. The van der Waals surface area contributed by atoms with Crippen molar-refractivity contribution in [2.24, 2.45) is 0 Å². The van der Waals surface area contributed by atoms with Crippen LogP contribution in [0.15, 0.2) is 78.0 Å². The standard InChI is InChI=1S/C22H16F3N3O3/c23-22(24,25)31-17-7-3-6-16(13-17)19-20(29)27-11-2-1-8-18(27)28(21(19)30)12-9-15-5-4-10-26-14-15/h1-8,10-11,13-14H,9,12H2/p+1. The van der Waals surface area contributed by atoms with Crippen molar-refractivity contribution >= 4 is 5.65 Å². The number of ether oxygens (including phenoxy) is 1. The van der Waals surface area contributed by atoms with Gasteiger partial charge in [0.1, 0.15) is 5.75 Å². The fraction of sp³-hybridized carbons (Fsp3) is 0.136. The summed E-state index contributed by atoms with van der Waals surface area (Å²) in [7, 11) is 0. The highest BCUT2D eigenvalue weighted by Gasteiger charge is 2.32.